The van der Waals surface area contributed by atoms with E-state index >= 15 is 0 Å². The molecule has 1 fully saturated rings. The summed E-state index contributed by atoms with van der Waals surface area (Å²) in [6, 6.07) is 7.29. The van der Waals surface area contributed by atoms with Gasteiger partial charge in [-0.3, -0.25) is 0 Å². The molecule has 1 saturated heterocycles. The second-order valence-electron chi connectivity index (χ2n) is 6.28. The van der Waals surface area contributed by atoms with E-state index in [9.17, 15) is 4.79 Å². The second-order valence-corrected chi connectivity index (χ2v) is 6.28. The molecule has 26 heavy (non-hydrogen) atoms. The van der Waals surface area contributed by atoms with Crippen LogP contribution in [0.1, 0.15) is 5.69 Å². The summed E-state index contributed by atoms with van der Waals surface area (Å²) in [6.07, 6.45) is 1.58. The lowest BCUT2D eigenvalue weighted by molar-refractivity contribution is 0.171. The van der Waals surface area contributed by atoms with Crippen molar-refractivity contribution in [2.75, 3.05) is 49.6 Å². The molecular formula is C18H21N5O3. The molecule has 8 nitrogen and oxygen atoms in total. The Labute approximate surface area is 151 Å². The van der Waals surface area contributed by atoms with Crippen LogP contribution in [0.2, 0.25) is 0 Å². The highest BCUT2D eigenvalue weighted by Gasteiger charge is 2.22. The number of rotatable bonds is 2. The largest absolute Gasteiger partial charge is 0.486 e. The summed E-state index contributed by atoms with van der Waals surface area (Å²) >= 11 is 0. The zero-order valence-corrected chi connectivity index (χ0v) is 14.6. The molecule has 2 aromatic rings. The topological polar surface area (TPSA) is 79.8 Å². The molecule has 0 aliphatic carbocycles. The lowest BCUT2D eigenvalue weighted by atomic mass is 10.2. The number of carbonyl (C=O) groups excluding carboxylic acids is 1. The van der Waals surface area contributed by atoms with E-state index in [4.69, 9.17) is 9.47 Å². The Balaban J connectivity index is 1.35. The van der Waals surface area contributed by atoms with Crippen molar-refractivity contribution in [2.45, 2.75) is 6.92 Å². The van der Waals surface area contributed by atoms with Crippen LogP contribution >= 0.6 is 0 Å². The van der Waals surface area contributed by atoms with E-state index in [-0.39, 0.29) is 6.03 Å². The van der Waals surface area contributed by atoms with Crippen LogP contribution in [-0.4, -0.2) is 60.3 Å². The Morgan fingerprint density at radius 3 is 2.58 bits per heavy atom. The van der Waals surface area contributed by atoms with Gasteiger partial charge in [0.25, 0.3) is 0 Å². The average Bonchev–Trinajstić information content (AvgIpc) is 2.68. The maximum Gasteiger partial charge on any atom is 0.321 e. The van der Waals surface area contributed by atoms with E-state index in [0.29, 0.717) is 43.5 Å². The number of aryl methyl sites for hydroxylation is 1. The number of piperazine rings is 1. The third-order valence-electron chi connectivity index (χ3n) is 4.47. The van der Waals surface area contributed by atoms with Gasteiger partial charge in [0.1, 0.15) is 25.4 Å². The van der Waals surface area contributed by atoms with Crippen molar-refractivity contribution in [1.82, 2.24) is 14.9 Å². The molecule has 0 radical (unpaired) electrons. The lowest BCUT2D eigenvalue weighted by Gasteiger charge is -2.35. The molecule has 0 saturated carbocycles. The zero-order valence-electron chi connectivity index (χ0n) is 14.6. The van der Waals surface area contributed by atoms with Gasteiger partial charge < -0.3 is 24.6 Å². The fraction of sp³-hybridized carbons (Fsp3) is 0.389. The van der Waals surface area contributed by atoms with Crippen LogP contribution in [0.3, 0.4) is 0 Å². The molecule has 136 valence electrons. The van der Waals surface area contributed by atoms with Gasteiger partial charge in [0.05, 0.1) is 0 Å². The summed E-state index contributed by atoms with van der Waals surface area (Å²) < 4.78 is 11.1. The van der Waals surface area contributed by atoms with Crippen molar-refractivity contribution in [1.29, 1.82) is 0 Å². The van der Waals surface area contributed by atoms with Crippen molar-refractivity contribution in [3.8, 4) is 11.5 Å². The number of aromatic nitrogens is 2. The van der Waals surface area contributed by atoms with Gasteiger partial charge in [0, 0.05) is 49.7 Å². The van der Waals surface area contributed by atoms with Gasteiger partial charge in [-0.05, 0) is 19.1 Å². The lowest BCUT2D eigenvalue weighted by Crippen LogP contribution is -2.50. The van der Waals surface area contributed by atoms with Gasteiger partial charge in [0.2, 0.25) is 0 Å². The molecule has 0 bridgehead atoms. The van der Waals surface area contributed by atoms with Gasteiger partial charge in [0.15, 0.2) is 11.5 Å². The van der Waals surface area contributed by atoms with Crippen molar-refractivity contribution in [3.63, 3.8) is 0 Å². The Morgan fingerprint density at radius 2 is 1.81 bits per heavy atom. The van der Waals surface area contributed by atoms with E-state index in [0.717, 1.165) is 24.6 Å². The number of amides is 2. The van der Waals surface area contributed by atoms with Crippen LogP contribution in [0.15, 0.2) is 30.6 Å². The zero-order chi connectivity index (χ0) is 17.9. The van der Waals surface area contributed by atoms with Crippen LogP contribution in [0.25, 0.3) is 0 Å². The first kappa shape index (κ1) is 16.4. The Kier molecular flexibility index (Phi) is 4.47. The highest BCUT2D eigenvalue weighted by Crippen LogP contribution is 2.32. The number of ether oxygens (including phenoxy) is 2. The standard InChI is InChI=1S/C18H21N5O3/c1-13-10-17(20-12-19-13)22-4-6-23(7-5-22)18(24)21-14-2-3-15-16(11-14)26-9-8-25-15/h2-3,10-12H,4-9H2,1H3,(H,21,24). The molecule has 1 aromatic carbocycles. The SMILES string of the molecule is Cc1cc(N2CCN(C(=O)Nc3ccc4c(c3)OCCO4)CC2)ncn1. The minimum atomic E-state index is -0.111. The van der Waals surface area contributed by atoms with Gasteiger partial charge in [-0.2, -0.15) is 0 Å². The smallest absolute Gasteiger partial charge is 0.321 e. The maximum atomic E-state index is 12.5. The first-order valence-electron chi connectivity index (χ1n) is 8.68. The molecular weight excluding hydrogens is 334 g/mol. The van der Waals surface area contributed by atoms with Crippen molar-refractivity contribution < 1.29 is 14.3 Å². The average molecular weight is 355 g/mol. The minimum absolute atomic E-state index is 0.111. The molecule has 8 heteroatoms. The van der Waals surface area contributed by atoms with Crippen LogP contribution in [0.5, 0.6) is 11.5 Å². The van der Waals surface area contributed by atoms with Gasteiger partial charge >= 0.3 is 6.03 Å². The molecule has 0 spiro atoms. The van der Waals surface area contributed by atoms with E-state index in [1.165, 1.54) is 0 Å². The first-order valence-corrected chi connectivity index (χ1v) is 8.68. The third-order valence-corrected chi connectivity index (χ3v) is 4.47. The summed E-state index contributed by atoms with van der Waals surface area (Å²) in [5.41, 5.74) is 1.64. The van der Waals surface area contributed by atoms with Crippen LogP contribution in [0.4, 0.5) is 16.3 Å². The summed E-state index contributed by atoms with van der Waals surface area (Å²) in [5, 5.41) is 2.93. The highest BCUT2D eigenvalue weighted by atomic mass is 16.6. The number of hydrogen-bond acceptors (Lipinski definition) is 6. The molecule has 1 N–H and O–H groups in total. The Hall–Kier alpha value is -3.03. The van der Waals surface area contributed by atoms with E-state index in [1.54, 1.807) is 17.3 Å². The number of fused-ring (bicyclic) bond motifs is 1. The van der Waals surface area contributed by atoms with Crippen LogP contribution < -0.4 is 19.7 Å². The number of nitrogens with zero attached hydrogens (tertiary/aromatic N) is 4. The molecule has 4 rings (SSSR count). The number of carbonyl (C=O) groups is 1. The first-order chi connectivity index (χ1) is 12.7. The Bertz CT molecular complexity index is 805. The highest BCUT2D eigenvalue weighted by molar-refractivity contribution is 5.90. The quantitative estimate of drug-likeness (QED) is 0.886. The molecule has 2 aliphatic heterocycles. The number of anilines is 2. The van der Waals surface area contributed by atoms with E-state index in [2.05, 4.69) is 20.2 Å². The fourth-order valence-corrected chi connectivity index (χ4v) is 3.08. The summed E-state index contributed by atoms with van der Waals surface area (Å²) in [6.45, 7) is 5.78. The molecule has 0 atom stereocenters. The summed E-state index contributed by atoms with van der Waals surface area (Å²) in [4.78, 5) is 24.9. The van der Waals surface area contributed by atoms with Crippen molar-refractivity contribution >= 4 is 17.5 Å². The van der Waals surface area contributed by atoms with Crippen LogP contribution in [0, 0.1) is 6.92 Å². The summed E-state index contributed by atoms with van der Waals surface area (Å²) in [5.74, 6) is 2.28. The number of urea groups is 1. The normalized spacial score (nSPS) is 16.3. The molecule has 3 heterocycles. The van der Waals surface area contributed by atoms with Crippen molar-refractivity contribution in [3.05, 3.63) is 36.3 Å². The van der Waals surface area contributed by atoms with Gasteiger partial charge in [-0.15, -0.1) is 0 Å². The number of hydrogen-bond donors (Lipinski definition) is 1. The monoisotopic (exact) mass is 355 g/mol. The predicted molar refractivity (Wildman–Crippen MR) is 97.0 cm³/mol. The van der Waals surface area contributed by atoms with Gasteiger partial charge in [-0.1, -0.05) is 0 Å². The summed E-state index contributed by atoms with van der Waals surface area (Å²) in [7, 11) is 0. The Morgan fingerprint density at radius 1 is 1.04 bits per heavy atom. The van der Waals surface area contributed by atoms with E-state index in [1.807, 2.05) is 25.1 Å². The molecule has 2 aliphatic rings. The number of benzene rings is 1. The maximum absolute atomic E-state index is 12.5. The predicted octanol–water partition coefficient (Wildman–Crippen LogP) is 1.91. The second kappa shape index (κ2) is 7.07. The number of nitrogens with one attached hydrogen (secondary N) is 1. The fourth-order valence-electron chi connectivity index (χ4n) is 3.08. The minimum Gasteiger partial charge on any atom is -0.486 e. The molecule has 0 unspecified atom stereocenters. The molecule has 1 aromatic heterocycles. The van der Waals surface area contributed by atoms with Gasteiger partial charge in [-0.25, -0.2) is 14.8 Å². The van der Waals surface area contributed by atoms with Crippen molar-refractivity contribution in [2.24, 2.45) is 0 Å². The molecule has 2 amide bonds. The van der Waals surface area contributed by atoms with Crippen LogP contribution in [-0.2, 0) is 0 Å². The van der Waals surface area contributed by atoms with E-state index < -0.39 is 0 Å². The third kappa shape index (κ3) is 3.49.